The largest absolute Gasteiger partial charge is 0.443 e. The van der Waals surface area contributed by atoms with Gasteiger partial charge in [0.1, 0.15) is 19.0 Å². The minimum absolute atomic E-state index is 0.555. The van der Waals surface area contributed by atoms with Gasteiger partial charge in [0, 0.05) is 6.54 Å². The molecule has 0 saturated heterocycles. The molecule has 1 rings (SSSR count). The molecule has 7 nitrogen and oxygen atoms in total. The third-order valence-corrected chi connectivity index (χ3v) is 2.50. The molecule has 124 valence electrons. The zero-order valence-electron chi connectivity index (χ0n) is 14.4. The van der Waals surface area contributed by atoms with Crippen LogP contribution in [0.4, 0.5) is 9.59 Å². The summed E-state index contributed by atoms with van der Waals surface area (Å²) in [6, 6.07) is 0. The lowest BCUT2D eigenvalue weighted by Gasteiger charge is -2.35. The molecule has 1 aliphatic heterocycles. The summed E-state index contributed by atoms with van der Waals surface area (Å²) in [5.41, 5.74) is -0.361. The Morgan fingerprint density at radius 2 is 1.59 bits per heavy atom. The van der Waals surface area contributed by atoms with Crippen LogP contribution in [0.25, 0.3) is 0 Å². The number of ether oxygens (including phenoxy) is 2. The predicted octanol–water partition coefficient (Wildman–Crippen LogP) is 1.11. The molecule has 1 aliphatic rings. The second-order valence-corrected chi connectivity index (χ2v) is 7.27. The molecule has 1 unspecified atom stereocenters. The second-order valence-electron chi connectivity index (χ2n) is 7.27. The average molecular weight is 311 g/mol. The molecule has 8 heteroatoms. The Labute approximate surface area is 132 Å². The minimum Gasteiger partial charge on any atom is -0.443 e. The fourth-order valence-corrected chi connectivity index (χ4v) is 1.66. The number of carbonyl (C=O) groups excluding carboxylic acids is 2. The van der Waals surface area contributed by atoms with Gasteiger partial charge in [0.05, 0.1) is 0 Å². The normalized spacial score (nSPS) is 18.8. The molecule has 0 radical (unpaired) electrons. The summed E-state index contributed by atoms with van der Waals surface area (Å²) in [5.74, 6) is 0. The molecule has 1 atom stereocenters. The van der Waals surface area contributed by atoms with Crippen molar-refractivity contribution in [1.29, 1.82) is 0 Å². The second kappa shape index (κ2) is 6.60. The van der Waals surface area contributed by atoms with E-state index in [4.69, 9.17) is 9.47 Å². The van der Waals surface area contributed by atoms with Gasteiger partial charge in [0.25, 0.3) is 0 Å². The number of hydrogen-bond acceptors (Lipinski definition) is 6. The molecular weight excluding hydrogens is 285 g/mol. The Kier molecular flexibility index (Phi) is 5.51. The third-order valence-electron chi connectivity index (χ3n) is 2.50. The molecule has 1 heterocycles. The van der Waals surface area contributed by atoms with Crippen LogP contribution in [0.1, 0.15) is 41.5 Å². The highest BCUT2D eigenvalue weighted by atomic mass is 16.6. The zero-order valence-corrected chi connectivity index (χ0v) is 14.4. The molecule has 0 aromatic rings. The minimum atomic E-state index is -0.764. The Balaban J connectivity index is 2.95. The number of hydrogen-bond donors (Lipinski definition) is 2. The summed E-state index contributed by atoms with van der Waals surface area (Å²) in [6.07, 6.45) is -0.490. The van der Waals surface area contributed by atoms with Gasteiger partial charge in [0.2, 0.25) is 0 Å². The fraction of sp³-hybridized carbons (Fsp3) is 0.714. The average Bonchev–Trinajstić information content (AvgIpc) is 2.27. The van der Waals surface area contributed by atoms with Crippen molar-refractivity contribution in [1.82, 2.24) is 15.5 Å². The molecule has 0 fully saturated rings. The van der Waals surface area contributed by atoms with Crippen LogP contribution in [0.2, 0.25) is 0 Å². The lowest BCUT2D eigenvalue weighted by atomic mass is 9.96. The van der Waals surface area contributed by atoms with Crippen LogP contribution in [0.15, 0.2) is 11.7 Å². The zero-order chi connectivity index (χ0) is 17.1. The van der Waals surface area contributed by atoms with Crippen LogP contribution in [0.3, 0.4) is 0 Å². The predicted molar refractivity (Wildman–Crippen MR) is 85.9 cm³/mol. The number of rotatable bonds is 1. The Morgan fingerprint density at radius 1 is 1.14 bits per heavy atom. The van der Waals surface area contributed by atoms with Gasteiger partial charge in [0.15, 0.2) is 6.29 Å². The van der Waals surface area contributed by atoms with Crippen molar-refractivity contribution >= 4 is 20.0 Å². The quantitative estimate of drug-likeness (QED) is 0.706. The first-order valence-electron chi connectivity index (χ1n) is 7.29. The summed E-state index contributed by atoms with van der Waals surface area (Å²) in [7, 11) is 1.93. The molecule has 0 bridgehead atoms. The van der Waals surface area contributed by atoms with E-state index < -0.39 is 29.7 Å². The first-order chi connectivity index (χ1) is 9.89. The van der Waals surface area contributed by atoms with E-state index >= 15 is 0 Å². The maximum Gasteiger partial charge on any atom is 0.422 e. The number of nitrogens with one attached hydrogen (secondary N) is 2. The maximum atomic E-state index is 12.4. The lowest BCUT2D eigenvalue weighted by molar-refractivity contribution is -0.0129. The van der Waals surface area contributed by atoms with Gasteiger partial charge in [-0.2, -0.15) is 4.90 Å². The van der Waals surface area contributed by atoms with Crippen LogP contribution in [0.5, 0.6) is 0 Å². The van der Waals surface area contributed by atoms with Gasteiger partial charge < -0.3 is 14.8 Å². The van der Waals surface area contributed by atoms with E-state index in [-0.39, 0.29) is 0 Å². The summed E-state index contributed by atoms with van der Waals surface area (Å²) < 4.78 is 10.6. The van der Waals surface area contributed by atoms with Gasteiger partial charge in [-0.1, -0.05) is 5.47 Å². The monoisotopic (exact) mass is 311 g/mol. The van der Waals surface area contributed by atoms with Crippen molar-refractivity contribution in [3.63, 3.8) is 0 Å². The summed E-state index contributed by atoms with van der Waals surface area (Å²) in [4.78, 5) is 25.7. The first-order valence-corrected chi connectivity index (χ1v) is 7.29. The van der Waals surface area contributed by atoms with E-state index in [1.165, 1.54) is 0 Å². The van der Waals surface area contributed by atoms with E-state index in [2.05, 4.69) is 10.6 Å². The number of carbonyl (C=O) groups is 2. The number of nitrogens with zero attached hydrogens (tertiary/aromatic N) is 1. The van der Waals surface area contributed by atoms with Gasteiger partial charge in [-0.25, -0.2) is 9.59 Å². The van der Waals surface area contributed by atoms with Crippen LogP contribution in [-0.4, -0.2) is 49.0 Å². The van der Waals surface area contributed by atoms with E-state index in [1.54, 1.807) is 47.7 Å². The molecule has 2 N–H and O–H groups in total. The van der Waals surface area contributed by atoms with Crippen molar-refractivity contribution in [3.8, 4) is 0 Å². The van der Waals surface area contributed by atoms with Crippen LogP contribution >= 0.6 is 0 Å². The number of imide groups is 1. The third kappa shape index (κ3) is 5.97. The molecule has 0 saturated carbocycles. The van der Waals surface area contributed by atoms with Crippen molar-refractivity contribution in [2.24, 2.45) is 0 Å². The molecule has 0 aromatic heterocycles. The SMILES string of the molecule is BC1=CNC(N(C(=O)OC(C)(C)C)C(=O)OC(C)(C)C)NC1. The fourth-order valence-electron chi connectivity index (χ4n) is 1.66. The van der Waals surface area contributed by atoms with E-state index in [0.717, 1.165) is 10.4 Å². The number of amides is 2. The first kappa shape index (κ1) is 18.4. The summed E-state index contributed by atoms with van der Waals surface area (Å²) in [5, 5.41) is 6.00. The maximum absolute atomic E-state index is 12.4. The molecule has 0 aromatic carbocycles. The lowest BCUT2D eigenvalue weighted by Crippen LogP contribution is -2.61. The Bertz CT molecular complexity index is 438. The Hall–Kier alpha value is -1.70. The van der Waals surface area contributed by atoms with Gasteiger partial charge >= 0.3 is 12.2 Å². The highest BCUT2D eigenvalue weighted by molar-refractivity contribution is 6.21. The highest BCUT2D eigenvalue weighted by Gasteiger charge is 2.37. The Morgan fingerprint density at radius 3 is 1.91 bits per heavy atom. The van der Waals surface area contributed by atoms with Crippen LogP contribution in [0, 0.1) is 0 Å². The molecule has 0 spiro atoms. The van der Waals surface area contributed by atoms with E-state index in [9.17, 15) is 9.59 Å². The smallest absolute Gasteiger partial charge is 0.422 e. The van der Waals surface area contributed by atoms with E-state index in [1.807, 2.05) is 7.85 Å². The topological polar surface area (TPSA) is 79.9 Å². The van der Waals surface area contributed by atoms with Gasteiger partial charge in [-0.15, -0.1) is 0 Å². The molecular formula is C14H26BN3O4. The van der Waals surface area contributed by atoms with Crippen molar-refractivity contribution in [3.05, 3.63) is 11.7 Å². The summed E-state index contributed by atoms with van der Waals surface area (Å²) in [6.45, 7) is 11.0. The highest BCUT2D eigenvalue weighted by Crippen LogP contribution is 2.16. The molecule has 2 amide bonds. The van der Waals surface area contributed by atoms with E-state index in [0.29, 0.717) is 6.54 Å². The molecule has 22 heavy (non-hydrogen) atoms. The van der Waals surface area contributed by atoms with Crippen molar-refractivity contribution in [2.75, 3.05) is 6.54 Å². The van der Waals surface area contributed by atoms with Gasteiger partial charge in [-0.05, 0) is 47.7 Å². The van der Waals surface area contributed by atoms with Crippen LogP contribution < -0.4 is 10.6 Å². The standard InChI is InChI=1S/C14H26BN3O4/c1-13(2,3)21-11(19)18(12(20)22-14(4,5)6)10-16-7-9(15)8-17-10/h7,10,16-17H,8,15H2,1-6H3. The molecule has 0 aliphatic carbocycles. The van der Waals surface area contributed by atoms with Crippen LogP contribution in [-0.2, 0) is 9.47 Å². The summed E-state index contributed by atoms with van der Waals surface area (Å²) >= 11 is 0. The van der Waals surface area contributed by atoms with Crippen molar-refractivity contribution < 1.29 is 19.1 Å². The van der Waals surface area contributed by atoms with Gasteiger partial charge in [-0.3, -0.25) is 5.32 Å². The van der Waals surface area contributed by atoms with Crippen molar-refractivity contribution in [2.45, 2.75) is 59.0 Å².